The van der Waals surface area contributed by atoms with Crippen LogP contribution in [0.15, 0.2) is 0 Å². The zero-order valence-corrected chi connectivity index (χ0v) is 9.46. The minimum absolute atomic E-state index is 0.0933. The van der Waals surface area contributed by atoms with Crippen molar-refractivity contribution in [3.63, 3.8) is 0 Å². The fourth-order valence-corrected chi connectivity index (χ4v) is 2.03. The predicted octanol–water partition coefficient (Wildman–Crippen LogP) is 0.535. The molecule has 96 valence electrons. The first-order chi connectivity index (χ1) is 7.97. The third kappa shape index (κ3) is 3.08. The number of esters is 1. The number of nitrogens with zero attached hydrogens (tertiary/aromatic N) is 1. The molecule has 7 heteroatoms. The van der Waals surface area contributed by atoms with Gasteiger partial charge in [0.15, 0.2) is 0 Å². The molecule has 2 atom stereocenters. The molecule has 7 nitrogen and oxygen atoms in total. The van der Waals surface area contributed by atoms with E-state index in [1.54, 1.807) is 6.92 Å². The van der Waals surface area contributed by atoms with Crippen LogP contribution in [-0.2, 0) is 14.3 Å². The number of carbonyl (C=O) groups is 3. The number of rotatable bonds is 4. The molecule has 1 heterocycles. The van der Waals surface area contributed by atoms with E-state index in [1.165, 1.54) is 0 Å². The topological polar surface area (TPSA) is 104 Å². The van der Waals surface area contributed by atoms with E-state index >= 15 is 0 Å². The molecule has 17 heavy (non-hydrogen) atoms. The Hall–Kier alpha value is -1.79. The Morgan fingerprint density at radius 1 is 1.29 bits per heavy atom. The van der Waals surface area contributed by atoms with Gasteiger partial charge in [0.25, 0.3) is 0 Å². The Labute approximate surface area is 98.0 Å². The zero-order valence-electron chi connectivity index (χ0n) is 9.46. The monoisotopic (exact) mass is 245 g/mol. The molecule has 2 N–H and O–H groups in total. The number of ether oxygens (including phenoxy) is 1. The van der Waals surface area contributed by atoms with Gasteiger partial charge in [0.2, 0.25) is 0 Å². The molecule has 0 bridgehead atoms. The van der Waals surface area contributed by atoms with E-state index in [2.05, 4.69) is 0 Å². The first-order valence-electron chi connectivity index (χ1n) is 5.37. The van der Waals surface area contributed by atoms with Gasteiger partial charge < -0.3 is 14.9 Å². The molecular weight excluding hydrogens is 230 g/mol. The lowest BCUT2D eigenvalue weighted by Crippen LogP contribution is -2.45. The molecule has 1 saturated heterocycles. The Kier molecular flexibility index (Phi) is 4.30. The summed E-state index contributed by atoms with van der Waals surface area (Å²) in [5, 5.41) is 17.8. The van der Waals surface area contributed by atoms with Crippen molar-refractivity contribution in [2.75, 3.05) is 6.61 Å². The summed E-state index contributed by atoms with van der Waals surface area (Å²) in [6, 6.07) is -1.67. The second-order valence-corrected chi connectivity index (χ2v) is 3.78. The van der Waals surface area contributed by atoms with Gasteiger partial charge >= 0.3 is 18.0 Å². The molecular formula is C10H15NO6. The van der Waals surface area contributed by atoms with Crippen LogP contribution in [0.1, 0.15) is 26.2 Å². The second-order valence-electron chi connectivity index (χ2n) is 3.78. The molecule has 0 aromatic heterocycles. The Balaban J connectivity index is 2.70. The number of likely N-dealkylation sites (tertiary alicyclic amines) is 1. The summed E-state index contributed by atoms with van der Waals surface area (Å²) in [6.45, 7) is 1.88. The molecule has 1 aliphatic rings. The molecule has 0 saturated carbocycles. The van der Waals surface area contributed by atoms with Crippen LogP contribution in [0.3, 0.4) is 0 Å². The molecule has 1 aliphatic heterocycles. The summed E-state index contributed by atoms with van der Waals surface area (Å²) in [4.78, 5) is 33.9. The quantitative estimate of drug-likeness (QED) is 0.700. The number of hydrogen-bond acceptors (Lipinski definition) is 4. The van der Waals surface area contributed by atoms with E-state index in [0.29, 0.717) is 6.42 Å². The molecule has 0 radical (unpaired) electrons. The average molecular weight is 245 g/mol. The van der Waals surface area contributed by atoms with Crippen LogP contribution in [0.5, 0.6) is 0 Å². The van der Waals surface area contributed by atoms with Crippen molar-refractivity contribution in [3.05, 3.63) is 0 Å². The normalized spacial score (nSPS) is 23.5. The van der Waals surface area contributed by atoms with Crippen LogP contribution < -0.4 is 0 Å². The molecule has 1 amide bonds. The van der Waals surface area contributed by atoms with Crippen molar-refractivity contribution < 1.29 is 29.3 Å². The smallest absolute Gasteiger partial charge is 0.408 e. The van der Waals surface area contributed by atoms with Crippen molar-refractivity contribution in [1.29, 1.82) is 0 Å². The number of amides is 1. The fourth-order valence-electron chi connectivity index (χ4n) is 2.03. The summed E-state index contributed by atoms with van der Waals surface area (Å²) in [6.07, 6.45) is -0.818. The van der Waals surface area contributed by atoms with Crippen LogP contribution >= 0.6 is 0 Å². The summed E-state index contributed by atoms with van der Waals surface area (Å²) >= 11 is 0. The van der Waals surface area contributed by atoms with Gasteiger partial charge in [-0.15, -0.1) is 0 Å². The highest BCUT2D eigenvalue weighted by Gasteiger charge is 2.42. The number of carboxylic acids is 1. The maximum absolute atomic E-state index is 11.3. The molecule has 0 aromatic carbocycles. The van der Waals surface area contributed by atoms with Crippen molar-refractivity contribution in [2.24, 2.45) is 0 Å². The molecule has 0 spiro atoms. The van der Waals surface area contributed by atoms with Crippen molar-refractivity contribution in [2.45, 2.75) is 38.3 Å². The van der Waals surface area contributed by atoms with Gasteiger partial charge in [0.1, 0.15) is 6.04 Å². The molecule has 1 rings (SSSR count). The lowest BCUT2D eigenvalue weighted by molar-refractivity contribution is -0.146. The van der Waals surface area contributed by atoms with Gasteiger partial charge in [-0.1, -0.05) is 0 Å². The third-order valence-corrected chi connectivity index (χ3v) is 2.72. The maximum Gasteiger partial charge on any atom is 0.408 e. The zero-order chi connectivity index (χ0) is 13.0. The first-order valence-corrected chi connectivity index (χ1v) is 5.37. The van der Waals surface area contributed by atoms with E-state index in [4.69, 9.17) is 14.9 Å². The lowest BCUT2D eigenvalue weighted by Gasteiger charge is -2.24. The first kappa shape index (κ1) is 13.3. The van der Waals surface area contributed by atoms with Crippen LogP contribution in [0.4, 0.5) is 4.79 Å². The van der Waals surface area contributed by atoms with Gasteiger partial charge in [-0.05, 0) is 19.8 Å². The molecule has 0 aliphatic carbocycles. The average Bonchev–Trinajstić information content (AvgIpc) is 2.61. The highest BCUT2D eigenvalue weighted by Crippen LogP contribution is 2.27. The summed E-state index contributed by atoms with van der Waals surface area (Å²) in [5.41, 5.74) is 0. The number of carbonyl (C=O) groups excluding carboxylic acids is 1. The summed E-state index contributed by atoms with van der Waals surface area (Å²) in [5.74, 6) is -1.69. The third-order valence-electron chi connectivity index (χ3n) is 2.72. The van der Waals surface area contributed by atoms with Crippen LogP contribution in [0.2, 0.25) is 0 Å². The second kappa shape index (κ2) is 5.51. The Bertz CT molecular complexity index is 329. The Morgan fingerprint density at radius 2 is 1.94 bits per heavy atom. The van der Waals surface area contributed by atoms with Gasteiger partial charge in [-0.2, -0.15) is 0 Å². The minimum atomic E-state index is -1.32. The summed E-state index contributed by atoms with van der Waals surface area (Å²) < 4.78 is 4.72. The predicted molar refractivity (Wildman–Crippen MR) is 55.6 cm³/mol. The van der Waals surface area contributed by atoms with Crippen LogP contribution in [-0.4, -0.2) is 51.8 Å². The SMILES string of the molecule is CCOC(=O)C[C@@H]1CC[C@@H](C(=O)O)N1C(=O)O. The highest BCUT2D eigenvalue weighted by molar-refractivity contribution is 5.81. The van der Waals surface area contributed by atoms with E-state index in [0.717, 1.165) is 4.90 Å². The standard InChI is InChI=1S/C10H15NO6/c1-2-17-8(12)5-6-3-4-7(9(13)14)11(6)10(15)16/h6-7H,2-5H2,1H3,(H,13,14)(H,15,16)/t6-,7-/m0/s1. The Morgan fingerprint density at radius 3 is 2.41 bits per heavy atom. The van der Waals surface area contributed by atoms with E-state index in [1.807, 2.05) is 0 Å². The van der Waals surface area contributed by atoms with Crippen LogP contribution in [0, 0.1) is 0 Å². The van der Waals surface area contributed by atoms with Gasteiger partial charge in [-0.3, -0.25) is 9.69 Å². The van der Waals surface area contributed by atoms with Crippen LogP contribution in [0.25, 0.3) is 0 Å². The van der Waals surface area contributed by atoms with E-state index < -0.39 is 30.1 Å². The lowest BCUT2D eigenvalue weighted by atomic mass is 10.1. The van der Waals surface area contributed by atoms with E-state index in [-0.39, 0.29) is 19.4 Å². The number of hydrogen-bond donors (Lipinski definition) is 2. The molecule has 1 fully saturated rings. The van der Waals surface area contributed by atoms with Crippen molar-refractivity contribution >= 4 is 18.0 Å². The van der Waals surface area contributed by atoms with Gasteiger partial charge in [0, 0.05) is 6.04 Å². The van der Waals surface area contributed by atoms with E-state index in [9.17, 15) is 14.4 Å². The van der Waals surface area contributed by atoms with Crippen molar-refractivity contribution in [3.8, 4) is 0 Å². The molecule has 0 aromatic rings. The minimum Gasteiger partial charge on any atom is -0.480 e. The van der Waals surface area contributed by atoms with Gasteiger partial charge in [0.05, 0.1) is 13.0 Å². The fraction of sp³-hybridized carbons (Fsp3) is 0.700. The summed E-state index contributed by atoms with van der Waals surface area (Å²) in [7, 11) is 0. The molecule has 0 unspecified atom stereocenters. The number of carboxylic acid groups (broad SMARTS) is 2. The number of aliphatic carboxylic acids is 1. The van der Waals surface area contributed by atoms with Crippen molar-refractivity contribution in [1.82, 2.24) is 4.90 Å². The maximum atomic E-state index is 11.3. The highest BCUT2D eigenvalue weighted by atomic mass is 16.5. The largest absolute Gasteiger partial charge is 0.480 e. The van der Waals surface area contributed by atoms with Gasteiger partial charge in [-0.25, -0.2) is 9.59 Å².